The average Bonchev–Trinajstić information content (AvgIpc) is 2.25. The van der Waals surface area contributed by atoms with Crippen LogP contribution >= 0.6 is 0 Å². The van der Waals surface area contributed by atoms with E-state index in [-0.39, 0.29) is 0 Å². The van der Waals surface area contributed by atoms with Crippen LogP contribution in [-0.2, 0) is 0 Å². The molecular weight excluding hydrogens is 180 g/mol. The van der Waals surface area contributed by atoms with Crippen molar-refractivity contribution in [2.75, 3.05) is 0 Å². The van der Waals surface area contributed by atoms with E-state index in [1.54, 1.807) is 0 Å². The molecule has 0 atom stereocenters. The molecule has 0 aromatic heterocycles. The standard InChI is InChI=1S/C15H18/c1-5-6-9-13(4)15-11-8-7-10-14(15)12(2)3/h6-11H,2,4-5H2,1,3H3/b9-6+. The second kappa shape index (κ2) is 5.35. The van der Waals surface area contributed by atoms with Crippen LogP contribution in [0.25, 0.3) is 11.1 Å². The van der Waals surface area contributed by atoms with E-state index in [0.29, 0.717) is 0 Å². The van der Waals surface area contributed by atoms with Gasteiger partial charge >= 0.3 is 0 Å². The van der Waals surface area contributed by atoms with Crippen LogP contribution in [0.5, 0.6) is 0 Å². The predicted molar refractivity (Wildman–Crippen MR) is 69.6 cm³/mol. The molecule has 0 bridgehead atoms. The lowest BCUT2D eigenvalue weighted by molar-refractivity contribution is 1.22. The molecule has 0 heterocycles. The van der Waals surface area contributed by atoms with Gasteiger partial charge in [0.25, 0.3) is 0 Å². The van der Waals surface area contributed by atoms with Crippen molar-refractivity contribution in [3.8, 4) is 0 Å². The van der Waals surface area contributed by atoms with Crippen LogP contribution in [0.4, 0.5) is 0 Å². The van der Waals surface area contributed by atoms with Gasteiger partial charge in [0.15, 0.2) is 0 Å². The van der Waals surface area contributed by atoms with Crippen LogP contribution in [0.15, 0.2) is 49.6 Å². The Hall–Kier alpha value is -1.56. The second-order valence-electron chi connectivity index (χ2n) is 3.66. The quantitative estimate of drug-likeness (QED) is 0.615. The number of benzene rings is 1. The van der Waals surface area contributed by atoms with Gasteiger partial charge in [-0.05, 0) is 30.0 Å². The van der Waals surface area contributed by atoms with E-state index in [1.807, 2.05) is 19.1 Å². The Kier molecular flexibility index (Phi) is 4.11. The summed E-state index contributed by atoms with van der Waals surface area (Å²) in [6, 6.07) is 8.24. The molecule has 1 aromatic rings. The molecule has 1 rings (SSSR count). The van der Waals surface area contributed by atoms with E-state index in [1.165, 1.54) is 11.1 Å². The summed E-state index contributed by atoms with van der Waals surface area (Å²) in [4.78, 5) is 0. The van der Waals surface area contributed by atoms with Crippen LogP contribution in [0.2, 0.25) is 0 Å². The third kappa shape index (κ3) is 2.95. The first-order valence-electron chi connectivity index (χ1n) is 5.27. The minimum Gasteiger partial charge on any atom is -0.0955 e. The van der Waals surface area contributed by atoms with Crippen LogP contribution < -0.4 is 0 Å². The fourth-order valence-electron chi connectivity index (χ4n) is 1.49. The molecule has 0 unspecified atom stereocenters. The Bertz CT molecular complexity index is 394. The fourth-order valence-corrected chi connectivity index (χ4v) is 1.49. The lowest BCUT2D eigenvalue weighted by Gasteiger charge is -2.08. The highest BCUT2D eigenvalue weighted by atomic mass is 14.1. The molecule has 15 heavy (non-hydrogen) atoms. The number of hydrogen-bond donors (Lipinski definition) is 0. The molecule has 0 heteroatoms. The second-order valence-corrected chi connectivity index (χ2v) is 3.66. The van der Waals surface area contributed by atoms with Gasteiger partial charge in [0.2, 0.25) is 0 Å². The molecule has 0 aliphatic carbocycles. The lowest BCUT2D eigenvalue weighted by Crippen LogP contribution is -1.87. The topological polar surface area (TPSA) is 0 Å². The molecule has 78 valence electrons. The van der Waals surface area contributed by atoms with Gasteiger partial charge in [-0.25, -0.2) is 0 Å². The Balaban J connectivity index is 3.08. The van der Waals surface area contributed by atoms with Crippen molar-refractivity contribution in [3.05, 3.63) is 60.7 Å². The third-order valence-corrected chi connectivity index (χ3v) is 2.29. The average molecular weight is 198 g/mol. The van der Waals surface area contributed by atoms with Crippen molar-refractivity contribution in [2.45, 2.75) is 20.3 Å². The minimum atomic E-state index is 1.04. The molecule has 0 nitrogen and oxygen atoms in total. The maximum atomic E-state index is 4.08. The first-order valence-corrected chi connectivity index (χ1v) is 5.27. The number of allylic oxidation sites excluding steroid dienone is 4. The summed E-state index contributed by atoms with van der Waals surface area (Å²) >= 11 is 0. The maximum Gasteiger partial charge on any atom is -0.0115 e. The molecule has 0 aliphatic rings. The van der Waals surface area contributed by atoms with Crippen molar-refractivity contribution >= 4 is 11.1 Å². The van der Waals surface area contributed by atoms with Gasteiger partial charge in [-0.2, -0.15) is 0 Å². The van der Waals surface area contributed by atoms with Crippen molar-refractivity contribution in [1.82, 2.24) is 0 Å². The van der Waals surface area contributed by atoms with Crippen molar-refractivity contribution in [1.29, 1.82) is 0 Å². The Labute approximate surface area is 92.6 Å². The predicted octanol–water partition coefficient (Wildman–Crippen LogP) is 4.70. The third-order valence-electron chi connectivity index (χ3n) is 2.29. The zero-order chi connectivity index (χ0) is 11.3. The van der Waals surface area contributed by atoms with E-state index in [2.05, 4.69) is 44.4 Å². The first-order chi connectivity index (χ1) is 7.16. The molecule has 0 N–H and O–H groups in total. The summed E-state index contributed by atoms with van der Waals surface area (Å²) in [5.41, 5.74) is 4.49. The summed E-state index contributed by atoms with van der Waals surface area (Å²) in [5.74, 6) is 0. The van der Waals surface area contributed by atoms with Crippen molar-refractivity contribution in [2.24, 2.45) is 0 Å². The van der Waals surface area contributed by atoms with Crippen LogP contribution in [0.3, 0.4) is 0 Å². The molecule has 0 saturated carbocycles. The van der Waals surface area contributed by atoms with E-state index in [4.69, 9.17) is 0 Å². The number of rotatable bonds is 4. The Morgan fingerprint density at radius 3 is 2.33 bits per heavy atom. The fraction of sp³-hybridized carbons (Fsp3) is 0.200. The molecule has 0 radical (unpaired) electrons. The smallest absolute Gasteiger partial charge is 0.0115 e. The summed E-state index contributed by atoms with van der Waals surface area (Å²) in [7, 11) is 0. The van der Waals surface area contributed by atoms with Crippen molar-refractivity contribution < 1.29 is 0 Å². The van der Waals surface area contributed by atoms with Gasteiger partial charge < -0.3 is 0 Å². The Morgan fingerprint density at radius 1 is 1.20 bits per heavy atom. The largest absolute Gasteiger partial charge is 0.0955 e. The van der Waals surface area contributed by atoms with Gasteiger partial charge in [0, 0.05) is 0 Å². The Morgan fingerprint density at radius 2 is 1.80 bits per heavy atom. The molecular formula is C15H18. The summed E-state index contributed by atoms with van der Waals surface area (Å²) in [6.45, 7) is 12.2. The molecule has 0 fully saturated rings. The van der Waals surface area contributed by atoms with Gasteiger partial charge in [-0.3, -0.25) is 0 Å². The van der Waals surface area contributed by atoms with E-state index in [0.717, 1.165) is 17.6 Å². The monoisotopic (exact) mass is 198 g/mol. The zero-order valence-electron chi connectivity index (χ0n) is 9.59. The molecule has 0 saturated heterocycles. The highest BCUT2D eigenvalue weighted by molar-refractivity contribution is 5.81. The summed E-state index contributed by atoms with van der Waals surface area (Å²) in [5, 5.41) is 0. The van der Waals surface area contributed by atoms with E-state index >= 15 is 0 Å². The summed E-state index contributed by atoms with van der Waals surface area (Å²) in [6.07, 6.45) is 5.23. The van der Waals surface area contributed by atoms with E-state index in [9.17, 15) is 0 Å². The van der Waals surface area contributed by atoms with Gasteiger partial charge in [-0.1, -0.05) is 62.1 Å². The van der Waals surface area contributed by atoms with Gasteiger partial charge in [-0.15, -0.1) is 0 Å². The van der Waals surface area contributed by atoms with Crippen LogP contribution in [0, 0.1) is 0 Å². The van der Waals surface area contributed by atoms with E-state index < -0.39 is 0 Å². The van der Waals surface area contributed by atoms with Gasteiger partial charge in [0.05, 0.1) is 0 Å². The normalized spacial score (nSPS) is 10.5. The number of hydrogen-bond acceptors (Lipinski definition) is 0. The van der Waals surface area contributed by atoms with Crippen molar-refractivity contribution in [3.63, 3.8) is 0 Å². The first kappa shape index (κ1) is 11.5. The molecule has 0 spiro atoms. The van der Waals surface area contributed by atoms with Crippen LogP contribution in [0.1, 0.15) is 31.4 Å². The van der Waals surface area contributed by atoms with Crippen LogP contribution in [-0.4, -0.2) is 0 Å². The van der Waals surface area contributed by atoms with Gasteiger partial charge in [0.1, 0.15) is 0 Å². The lowest BCUT2D eigenvalue weighted by atomic mass is 9.96. The maximum absolute atomic E-state index is 4.08. The SMILES string of the molecule is C=C(C)c1ccccc1C(=C)/C=C/CC. The molecule has 0 aliphatic heterocycles. The molecule has 0 amide bonds. The summed E-state index contributed by atoms with van der Waals surface area (Å²) < 4.78 is 0. The highest BCUT2D eigenvalue weighted by Gasteiger charge is 2.02. The highest BCUT2D eigenvalue weighted by Crippen LogP contribution is 2.24. The molecule has 1 aromatic carbocycles. The zero-order valence-corrected chi connectivity index (χ0v) is 9.59. The minimum absolute atomic E-state index is 1.04.